The lowest BCUT2D eigenvalue weighted by Crippen LogP contribution is -2.04. The fourth-order valence-electron chi connectivity index (χ4n) is 5.73. The van der Waals surface area contributed by atoms with E-state index in [0.717, 1.165) is 69.4 Å². The smallest absolute Gasteiger partial charge is 0.197 e. The van der Waals surface area contributed by atoms with Gasteiger partial charge in [-0.3, -0.25) is 14.2 Å². The van der Waals surface area contributed by atoms with Gasteiger partial charge in [0.2, 0.25) is 0 Å². The van der Waals surface area contributed by atoms with E-state index in [9.17, 15) is 4.21 Å². The molecular weight excluding hydrogens is 669 g/mol. The highest BCUT2D eigenvalue weighted by molar-refractivity contribution is 7.98. The van der Waals surface area contributed by atoms with Crippen molar-refractivity contribution >= 4 is 44.6 Å². The van der Waals surface area contributed by atoms with Crippen molar-refractivity contribution in [1.29, 1.82) is 0 Å². The number of hydrogen-bond acceptors (Lipinski definition) is 12. The molecule has 2 N–H and O–H groups in total. The molecule has 15 heteroatoms. The molecule has 0 radical (unpaired) electrons. The lowest BCUT2D eigenvalue weighted by molar-refractivity contribution is 0.350. The van der Waals surface area contributed by atoms with Gasteiger partial charge in [0.1, 0.15) is 11.5 Å². The van der Waals surface area contributed by atoms with Crippen LogP contribution in [-0.4, -0.2) is 75.8 Å². The third-order valence-electron chi connectivity index (χ3n) is 8.10. The summed E-state index contributed by atoms with van der Waals surface area (Å²) in [6.45, 7) is 1.45. The van der Waals surface area contributed by atoms with Crippen molar-refractivity contribution in [2.24, 2.45) is 0 Å². The Kier molecular flexibility index (Phi) is 9.44. The number of imidazole rings is 2. The molecule has 1 atom stereocenters. The van der Waals surface area contributed by atoms with Crippen molar-refractivity contribution in [3.8, 4) is 34.5 Å². The highest BCUT2D eigenvalue weighted by atomic mass is 32.2. The van der Waals surface area contributed by atoms with Crippen LogP contribution in [0.25, 0.3) is 22.1 Å². The molecule has 2 aliphatic rings. The number of fused-ring (bicyclic) bond motifs is 4. The lowest BCUT2D eigenvalue weighted by atomic mass is 10.1. The Balaban J connectivity index is 0.000000154. The van der Waals surface area contributed by atoms with Crippen LogP contribution in [0.5, 0.6) is 34.5 Å². The minimum absolute atomic E-state index is 0.177. The molecule has 8 rings (SSSR count). The number of nitrogens with zero attached hydrogens (tertiary/aromatic N) is 4. The highest BCUT2D eigenvalue weighted by Gasteiger charge is 2.20. The fraction of sp³-hybridized carbons (Fsp3) is 0.294. The molecule has 0 bridgehead atoms. The number of thioether (sulfide) groups is 1. The predicted molar refractivity (Wildman–Crippen MR) is 185 cm³/mol. The first-order chi connectivity index (χ1) is 24.0. The zero-order valence-corrected chi connectivity index (χ0v) is 29.0. The Morgan fingerprint density at radius 2 is 1.33 bits per heavy atom. The van der Waals surface area contributed by atoms with Gasteiger partial charge in [-0.2, -0.15) is 0 Å². The number of ether oxygens (including phenoxy) is 6. The maximum Gasteiger partial charge on any atom is 0.197 e. The monoisotopic (exact) mass is 702 g/mol. The van der Waals surface area contributed by atoms with Crippen molar-refractivity contribution in [2.45, 2.75) is 34.7 Å². The molecule has 6 heterocycles. The molecule has 49 heavy (non-hydrogen) atoms. The van der Waals surface area contributed by atoms with Crippen molar-refractivity contribution in [3.05, 3.63) is 71.3 Å². The first-order valence-corrected chi connectivity index (χ1v) is 17.7. The number of methoxy groups -OCH3 is 4. The van der Waals surface area contributed by atoms with Gasteiger partial charge in [0.25, 0.3) is 0 Å². The first-order valence-electron chi connectivity index (χ1n) is 15.4. The summed E-state index contributed by atoms with van der Waals surface area (Å²) in [5, 5.41) is 1.26. The number of H-pyrrole nitrogens is 2. The third-order valence-corrected chi connectivity index (χ3v) is 10.1. The molecular formula is C34H34N6O7S2. The van der Waals surface area contributed by atoms with E-state index < -0.39 is 10.8 Å². The number of pyridine rings is 2. The zero-order valence-electron chi connectivity index (χ0n) is 27.3. The standard InChI is InChI=1S/C17H17N3O4S.C17H17N3O3S/c1-22-14-3-5-18-13(16(14)23-2)9-25(21)17-19-11-7-10-4-6-24-15(10)8-12(11)20-17;1-21-14-3-5-18-13(16(14)22-2)9-24-17-19-11-7-10-4-6-23-15(10)8-12(11)20-17/h3,5,7-8H,4,6,9H2,1-2H3,(H,19,20);3,5,7-8H,4,6,9H2,1-2H3,(H,19,20). The maximum atomic E-state index is 12.8. The summed E-state index contributed by atoms with van der Waals surface area (Å²) in [5.41, 5.74) is 7.33. The Hall–Kier alpha value is -5.02. The number of benzene rings is 2. The van der Waals surface area contributed by atoms with Gasteiger partial charge in [-0.05, 0) is 23.3 Å². The van der Waals surface area contributed by atoms with Crippen LogP contribution in [0, 0.1) is 0 Å². The summed E-state index contributed by atoms with van der Waals surface area (Å²) in [7, 11) is 4.94. The van der Waals surface area contributed by atoms with Crippen molar-refractivity contribution in [3.63, 3.8) is 0 Å². The van der Waals surface area contributed by atoms with Crippen molar-refractivity contribution in [1.82, 2.24) is 29.9 Å². The van der Waals surface area contributed by atoms with Gasteiger partial charge >= 0.3 is 0 Å². The minimum Gasteiger partial charge on any atom is -0.493 e. The topological polar surface area (TPSA) is 156 Å². The van der Waals surface area contributed by atoms with Crippen LogP contribution in [-0.2, 0) is 35.1 Å². The quantitative estimate of drug-likeness (QED) is 0.175. The molecule has 0 fully saturated rings. The summed E-state index contributed by atoms with van der Waals surface area (Å²) in [6.07, 6.45) is 5.16. The lowest BCUT2D eigenvalue weighted by Gasteiger charge is -2.10. The van der Waals surface area contributed by atoms with Crippen LogP contribution < -0.4 is 28.4 Å². The second-order valence-corrected chi connectivity index (χ2v) is 13.3. The number of rotatable bonds is 10. The molecule has 13 nitrogen and oxygen atoms in total. The Morgan fingerprint density at radius 1 is 0.755 bits per heavy atom. The van der Waals surface area contributed by atoms with Crippen LogP contribution in [0.4, 0.5) is 0 Å². The number of aromatic nitrogens is 6. The summed E-state index contributed by atoms with van der Waals surface area (Å²) in [6, 6.07) is 11.5. The molecule has 4 aromatic heterocycles. The average molecular weight is 703 g/mol. The summed E-state index contributed by atoms with van der Waals surface area (Å²) >= 11 is 1.58. The molecule has 2 aromatic carbocycles. The maximum absolute atomic E-state index is 12.8. The zero-order chi connectivity index (χ0) is 33.9. The van der Waals surface area contributed by atoms with Gasteiger partial charge in [0.05, 0.1) is 91.7 Å². The predicted octanol–water partition coefficient (Wildman–Crippen LogP) is 5.42. The number of nitrogens with one attached hydrogen (secondary N) is 2. The summed E-state index contributed by atoms with van der Waals surface area (Å²) in [5.74, 6) is 5.00. The SMILES string of the molecule is COc1ccnc(CS(=O)c2nc3cc4c(cc3[nH]2)CCO4)c1OC.COc1ccnc(CSc2nc3cc4c(cc3[nH]2)CCO4)c1OC. The van der Waals surface area contributed by atoms with Gasteiger partial charge in [-0.1, -0.05) is 11.8 Å². The van der Waals surface area contributed by atoms with Crippen LogP contribution in [0.3, 0.4) is 0 Å². The van der Waals surface area contributed by atoms with Crippen LogP contribution >= 0.6 is 11.8 Å². The summed E-state index contributed by atoms with van der Waals surface area (Å²) in [4.78, 5) is 24.2. The third kappa shape index (κ3) is 6.68. The van der Waals surface area contributed by atoms with Gasteiger partial charge in [-0.15, -0.1) is 0 Å². The summed E-state index contributed by atoms with van der Waals surface area (Å²) < 4.78 is 45.2. The van der Waals surface area contributed by atoms with Gasteiger partial charge in [0, 0.05) is 55.3 Å². The van der Waals surface area contributed by atoms with Crippen LogP contribution in [0.1, 0.15) is 22.5 Å². The van der Waals surface area contributed by atoms with Crippen molar-refractivity contribution in [2.75, 3.05) is 41.7 Å². The van der Waals surface area contributed by atoms with E-state index in [4.69, 9.17) is 28.4 Å². The fourth-order valence-corrected chi connectivity index (χ4v) is 7.57. The van der Waals surface area contributed by atoms with E-state index in [1.807, 2.05) is 18.2 Å². The Labute approximate surface area is 288 Å². The molecule has 6 aromatic rings. The molecule has 2 aliphatic heterocycles. The Morgan fingerprint density at radius 3 is 1.94 bits per heavy atom. The largest absolute Gasteiger partial charge is 0.493 e. The molecule has 1 unspecified atom stereocenters. The minimum atomic E-state index is -1.39. The second-order valence-electron chi connectivity index (χ2n) is 11.0. The molecule has 0 spiro atoms. The van der Waals surface area contributed by atoms with E-state index in [0.29, 0.717) is 46.2 Å². The molecule has 0 amide bonds. The second kappa shape index (κ2) is 14.2. The van der Waals surface area contributed by atoms with Gasteiger partial charge < -0.3 is 38.4 Å². The van der Waals surface area contributed by atoms with Gasteiger partial charge in [-0.25, -0.2) is 9.97 Å². The van der Waals surface area contributed by atoms with E-state index in [-0.39, 0.29) is 5.75 Å². The van der Waals surface area contributed by atoms with E-state index in [1.54, 1.807) is 57.6 Å². The number of aromatic amines is 2. The van der Waals surface area contributed by atoms with Gasteiger partial charge in [0.15, 0.2) is 33.3 Å². The van der Waals surface area contributed by atoms with E-state index in [1.165, 1.54) is 12.7 Å². The highest BCUT2D eigenvalue weighted by Crippen LogP contribution is 2.35. The van der Waals surface area contributed by atoms with Crippen LogP contribution in [0.2, 0.25) is 0 Å². The molecule has 0 saturated carbocycles. The van der Waals surface area contributed by atoms with Crippen molar-refractivity contribution < 1.29 is 32.6 Å². The molecule has 0 saturated heterocycles. The molecule has 0 aliphatic carbocycles. The normalized spacial score (nSPS) is 13.6. The Bertz CT molecular complexity index is 2090. The van der Waals surface area contributed by atoms with E-state index >= 15 is 0 Å². The first kappa shape index (κ1) is 32.5. The average Bonchev–Trinajstić information content (AvgIpc) is 3.94. The van der Waals surface area contributed by atoms with E-state index in [2.05, 4.69) is 36.0 Å². The van der Waals surface area contributed by atoms with Crippen LogP contribution in [0.15, 0.2) is 59.1 Å². The molecule has 254 valence electrons. The number of hydrogen-bond donors (Lipinski definition) is 2.